The van der Waals surface area contributed by atoms with Crippen LogP contribution in [0.25, 0.3) is 0 Å². The summed E-state index contributed by atoms with van der Waals surface area (Å²) in [4.78, 5) is 0. The summed E-state index contributed by atoms with van der Waals surface area (Å²) >= 11 is 3.46. The van der Waals surface area contributed by atoms with Crippen LogP contribution in [-0.2, 0) is 24.7 Å². The van der Waals surface area contributed by atoms with Gasteiger partial charge in [-0.15, -0.1) is 0 Å². The largest absolute Gasteiger partial charge is 0.491 e. The van der Waals surface area contributed by atoms with Crippen LogP contribution in [-0.4, -0.2) is 31.7 Å². The Morgan fingerprint density at radius 1 is 1.29 bits per heavy atom. The molecule has 0 fully saturated rings. The molecule has 1 N–H and O–H groups in total. The summed E-state index contributed by atoms with van der Waals surface area (Å²) in [5.74, 6) is -0.293. The molecular weight excluding hydrogens is 426 g/mol. The van der Waals surface area contributed by atoms with Crippen LogP contribution in [0, 0.1) is 12.7 Å². The van der Waals surface area contributed by atoms with Gasteiger partial charge in [-0.05, 0) is 65.4 Å². The van der Waals surface area contributed by atoms with Crippen molar-refractivity contribution in [3.05, 3.63) is 63.4 Å². The normalized spacial score (nSPS) is 15.4. The molecule has 4 rings (SSSR count). The van der Waals surface area contributed by atoms with Gasteiger partial charge in [0.25, 0.3) is 0 Å². The van der Waals surface area contributed by atoms with Crippen molar-refractivity contribution in [3.8, 4) is 0 Å². The Labute approximate surface area is 172 Å². The maximum absolute atomic E-state index is 12.7. The summed E-state index contributed by atoms with van der Waals surface area (Å²) in [6.07, 6.45) is 4.80. The van der Waals surface area contributed by atoms with Crippen molar-refractivity contribution in [2.24, 2.45) is 7.05 Å². The number of nitrogens with zero attached hydrogens (tertiary/aromatic N) is 4. The topological polar surface area (TPSA) is 65.1 Å². The van der Waals surface area contributed by atoms with Gasteiger partial charge in [0.1, 0.15) is 10.4 Å². The minimum atomic E-state index is -0.893. The molecule has 3 heterocycles. The maximum atomic E-state index is 12.7. The van der Waals surface area contributed by atoms with Gasteiger partial charge in [-0.3, -0.25) is 9.36 Å². The van der Waals surface area contributed by atoms with E-state index in [4.69, 9.17) is 4.65 Å². The third-order valence-electron chi connectivity index (χ3n) is 4.69. The number of hydrogen-bond acceptors (Lipinski definition) is 4. The van der Waals surface area contributed by atoms with Crippen LogP contribution in [0.15, 0.2) is 35.2 Å². The average Bonchev–Trinajstić information content (AvgIpc) is 3.25. The van der Waals surface area contributed by atoms with E-state index in [1.165, 1.54) is 23.3 Å². The fourth-order valence-corrected chi connectivity index (χ4v) is 3.68. The highest BCUT2D eigenvalue weighted by molar-refractivity contribution is 9.10. The Kier molecular flexibility index (Phi) is 6.37. The molecular formula is C19H23BBrFN4O2. The van der Waals surface area contributed by atoms with Crippen LogP contribution in [0.4, 0.5) is 4.39 Å². The first-order chi connectivity index (χ1) is 13.3. The highest BCUT2D eigenvalue weighted by Crippen LogP contribution is 2.22. The smallest absolute Gasteiger partial charge is 0.423 e. The fraction of sp³-hybridized carbons (Fsp3) is 0.368. The second kappa shape index (κ2) is 8.59. The standard InChI is InChI=1S/C11H15BrN4.C8H8BFO2/c1-4-16-7-9(8(2)13-16)5-10-6-15(3)14-11(10)12;1-5-7-4-6(10)2-3-8(7)9(11)12-5/h6-7H,4-5H2,1-3H3;2-5,11H,1H3/t;5-/m.1/s1. The Balaban J connectivity index is 0.000000167. The van der Waals surface area contributed by atoms with E-state index in [1.807, 2.05) is 29.5 Å². The van der Waals surface area contributed by atoms with E-state index < -0.39 is 7.12 Å². The van der Waals surface area contributed by atoms with Crippen molar-refractivity contribution < 1.29 is 14.1 Å². The molecule has 0 saturated heterocycles. The molecule has 9 heteroatoms. The van der Waals surface area contributed by atoms with Crippen molar-refractivity contribution in [1.29, 1.82) is 0 Å². The van der Waals surface area contributed by atoms with Crippen LogP contribution in [0.1, 0.15) is 42.3 Å². The number of aromatic nitrogens is 4. The first-order valence-corrected chi connectivity index (χ1v) is 9.91. The predicted octanol–water partition coefficient (Wildman–Crippen LogP) is 2.90. The number of hydrogen-bond donors (Lipinski definition) is 1. The molecule has 6 nitrogen and oxygen atoms in total. The molecule has 0 saturated carbocycles. The van der Waals surface area contributed by atoms with Gasteiger partial charge < -0.3 is 9.68 Å². The SMILES string of the molecule is CCn1cc(Cc2cn(C)nc2Br)c(C)n1.C[C@H]1OB(O)c2ccc(F)cc21. The Hall–Kier alpha value is -1.97. The van der Waals surface area contributed by atoms with Crippen LogP contribution in [0.5, 0.6) is 0 Å². The fourth-order valence-electron chi connectivity index (χ4n) is 3.19. The van der Waals surface area contributed by atoms with Crippen molar-refractivity contribution in [2.45, 2.75) is 39.8 Å². The molecule has 1 aliphatic heterocycles. The summed E-state index contributed by atoms with van der Waals surface area (Å²) in [6.45, 7) is 6.84. The molecule has 2 aromatic heterocycles. The average molecular weight is 449 g/mol. The molecule has 0 radical (unpaired) electrons. The summed E-state index contributed by atoms with van der Waals surface area (Å²) in [5, 5.41) is 18.0. The van der Waals surface area contributed by atoms with Crippen molar-refractivity contribution >= 4 is 28.5 Å². The molecule has 0 unspecified atom stereocenters. The summed E-state index contributed by atoms with van der Waals surface area (Å²) in [7, 11) is 1.03. The van der Waals surface area contributed by atoms with E-state index in [0.717, 1.165) is 28.8 Å². The lowest BCUT2D eigenvalue weighted by molar-refractivity contribution is 0.208. The van der Waals surface area contributed by atoms with Gasteiger partial charge in [-0.25, -0.2) is 4.39 Å². The Morgan fingerprint density at radius 3 is 2.64 bits per heavy atom. The van der Waals surface area contributed by atoms with Crippen LogP contribution in [0.2, 0.25) is 0 Å². The minimum absolute atomic E-state index is 0.217. The van der Waals surface area contributed by atoms with Gasteiger partial charge in [-0.2, -0.15) is 10.2 Å². The summed E-state index contributed by atoms with van der Waals surface area (Å²) in [5.41, 5.74) is 4.96. The van der Waals surface area contributed by atoms with E-state index in [1.54, 1.807) is 13.0 Å². The zero-order valence-corrected chi connectivity index (χ0v) is 17.9. The van der Waals surface area contributed by atoms with Gasteiger partial charge in [0, 0.05) is 38.0 Å². The molecule has 0 aliphatic carbocycles. The number of benzene rings is 1. The van der Waals surface area contributed by atoms with E-state index in [2.05, 4.69) is 39.2 Å². The Bertz CT molecular complexity index is 975. The summed E-state index contributed by atoms with van der Waals surface area (Å²) in [6, 6.07) is 4.28. The highest BCUT2D eigenvalue weighted by Gasteiger charge is 2.32. The van der Waals surface area contributed by atoms with E-state index >= 15 is 0 Å². The monoisotopic (exact) mass is 448 g/mol. The highest BCUT2D eigenvalue weighted by atomic mass is 79.9. The quantitative estimate of drug-likeness (QED) is 0.625. The molecule has 148 valence electrons. The van der Waals surface area contributed by atoms with Crippen molar-refractivity contribution in [2.75, 3.05) is 0 Å². The maximum Gasteiger partial charge on any atom is 0.491 e. The van der Waals surface area contributed by atoms with E-state index in [0.29, 0.717) is 5.46 Å². The van der Waals surface area contributed by atoms with Gasteiger partial charge in [-0.1, -0.05) is 6.07 Å². The van der Waals surface area contributed by atoms with Gasteiger partial charge in [0.2, 0.25) is 0 Å². The predicted molar refractivity (Wildman–Crippen MR) is 110 cm³/mol. The van der Waals surface area contributed by atoms with Gasteiger partial charge in [0.05, 0.1) is 11.8 Å². The lowest BCUT2D eigenvalue weighted by Crippen LogP contribution is -2.27. The number of aryl methyl sites for hydroxylation is 3. The number of halogens is 2. The van der Waals surface area contributed by atoms with E-state index in [-0.39, 0.29) is 11.9 Å². The van der Waals surface area contributed by atoms with Crippen LogP contribution < -0.4 is 5.46 Å². The first kappa shape index (κ1) is 20.8. The zero-order chi connectivity index (χ0) is 20.4. The molecule has 3 aromatic rings. The van der Waals surface area contributed by atoms with Gasteiger partial charge >= 0.3 is 7.12 Å². The third kappa shape index (κ3) is 4.53. The summed E-state index contributed by atoms with van der Waals surface area (Å²) < 4.78 is 22.5. The first-order valence-electron chi connectivity index (χ1n) is 9.12. The Morgan fingerprint density at radius 2 is 2.04 bits per heavy atom. The van der Waals surface area contributed by atoms with Gasteiger partial charge in [0.15, 0.2) is 0 Å². The zero-order valence-electron chi connectivity index (χ0n) is 16.4. The molecule has 0 bridgehead atoms. The van der Waals surface area contributed by atoms with Crippen molar-refractivity contribution in [3.63, 3.8) is 0 Å². The lowest BCUT2D eigenvalue weighted by Gasteiger charge is -2.02. The van der Waals surface area contributed by atoms with E-state index in [9.17, 15) is 9.41 Å². The second-order valence-electron chi connectivity index (χ2n) is 6.79. The third-order valence-corrected chi connectivity index (χ3v) is 5.36. The van der Waals surface area contributed by atoms with Crippen LogP contribution >= 0.6 is 15.9 Å². The molecule has 1 aliphatic rings. The molecule has 0 spiro atoms. The number of rotatable bonds is 3. The second-order valence-corrected chi connectivity index (χ2v) is 7.55. The molecule has 1 atom stereocenters. The lowest BCUT2D eigenvalue weighted by atomic mass is 9.79. The molecule has 0 amide bonds. The molecule has 1 aromatic carbocycles. The van der Waals surface area contributed by atoms with Crippen LogP contribution in [0.3, 0.4) is 0 Å². The molecule has 28 heavy (non-hydrogen) atoms. The van der Waals surface area contributed by atoms with Crippen molar-refractivity contribution in [1.82, 2.24) is 19.6 Å². The minimum Gasteiger partial charge on any atom is -0.423 e. The number of fused-ring (bicyclic) bond motifs is 1.